The Balaban J connectivity index is 2.41. The number of Topliss-reactive ketones (excluding diaryl/α,β-unsaturated/α-hetero) is 1. The molecule has 0 aromatic heterocycles. The summed E-state index contributed by atoms with van der Waals surface area (Å²) in [5.74, 6) is 0.218. The number of ketones is 1. The topological polar surface area (TPSA) is 20.3 Å². The van der Waals surface area contributed by atoms with Gasteiger partial charge in [0.2, 0.25) is 0 Å². The van der Waals surface area contributed by atoms with Gasteiger partial charge < -0.3 is 0 Å². The van der Waals surface area contributed by atoms with E-state index < -0.39 is 0 Å². The van der Waals surface area contributed by atoms with Crippen molar-refractivity contribution in [1.29, 1.82) is 0 Å². The Hall–Kier alpha value is -0.440. The fraction of sp³-hybridized carbons (Fsp3) is 0.900. The largest absolute Gasteiger partial charge is 0.300 e. The Kier molecular flexibility index (Phi) is 4.36. The fourth-order valence-corrected chi connectivity index (χ4v) is 2.03. The molecule has 76 valence electrons. The molecule has 13 heavy (non-hydrogen) atoms. The van der Waals surface area contributed by atoms with Crippen LogP contribution in [0.4, 0.5) is 4.39 Å². The molecule has 1 unspecified atom stereocenters. The molecule has 0 aromatic rings. The number of rotatable bonds is 4. The van der Waals surface area contributed by atoms with Gasteiger partial charge in [-0.05, 0) is 26.3 Å². The van der Waals surface area contributed by atoms with E-state index in [0.717, 1.165) is 19.4 Å². The molecule has 1 aliphatic heterocycles. The molecule has 0 bridgehead atoms. The van der Waals surface area contributed by atoms with Crippen LogP contribution in [0.2, 0.25) is 0 Å². The molecule has 0 aliphatic carbocycles. The van der Waals surface area contributed by atoms with Crippen LogP contribution in [0.25, 0.3) is 0 Å². The maximum absolute atomic E-state index is 12.2. The second-order valence-corrected chi connectivity index (χ2v) is 3.78. The lowest BCUT2D eigenvalue weighted by Crippen LogP contribution is -2.41. The van der Waals surface area contributed by atoms with Crippen LogP contribution in [-0.2, 0) is 4.79 Å². The normalized spacial score (nSPS) is 24.6. The summed E-state index contributed by atoms with van der Waals surface area (Å²) in [6.07, 6.45) is 3.98. The predicted octanol–water partition coefficient (Wildman–Crippen LogP) is 1.79. The van der Waals surface area contributed by atoms with Gasteiger partial charge in [0.1, 0.15) is 12.5 Å². The Labute approximate surface area is 79.1 Å². The second kappa shape index (κ2) is 5.32. The lowest BCUT2D eigenvalue weighted by molar-refractivity contribution is -0.118. The summed E-state index contributed by atoms with van der Waals surface area (Å²) in [4.78, 5) is 13.1. The fourth-order valence-electron chi connectivity index (χ4n) is 2.03. The summed E-state index contributed by atoms with van der Waals surface area (Å²) in [6, 6.07) is 0.307. The van der Waals surface area contributed by atoms with E-state index in [1.54, 1.807) is 6.92 Å². The quantitative estimate of drug-likeness (QED) is 0.668. The highest BCUT2D eigenvalue weighted by Crippen LogP contribution is 2.19. The van der Waals surface area contributed by atoms with E-state index in [1.165, 1.54) is 6.42 Å². The number of likely N-dealkylation sites (tertiary alicyclic amines) is 1. The number of nitrogens with zero attached hydrogens (tertiary/aromatic N) is 1. The zero-order chi connectivity index (χ0) is 9.68. The Morgan fingerprint density at radius 2 is 2.31 bits per heavy atom. The molecule has 0 spiro atoms. The number of hydrogen-bond acceptors (Lipinski definition) is 2. The number of carbonyl (C=O) groups is 1. The van der Waals surface area contributed by atoms with E-state index in [1.807, 2.05) is 0 Å². The molecule has 1 atom stereocenters. The van der Waals surface area contributed by atoms with Crippen LogP contribution in [0, 0.1) is 0 Å². The second-order valence-electron chi connectivity index (χ2n) is 3.78. The van der Waals surface area contributed by atoms with Crippen molar-refractivity contribution in [3.8, 4) is 0 Å². The molecular formula is C10H18FNO. The van der Waals surface area contributed by atoms with Gasteiger partial charge in [0.05, 0.1) is 0 Å². The first kappa shape index (κ1) is 10.6. The third-order valence-corrected chi connectivity index (χ3v) is 2.64. The van der Waals surface area contributed by atoms with E-state index >= 15 is 0 Å². The summed E-state index contributed by atoms with van der Waals surface area (Å²) >= 11 is 0. The van der Waals surface area contributed by atoms with Crippen molar-refractivity contribution in [1.82, 2.24) is 4.90 Å². The van der Waals surface area contributed by atoms with E-state index in [9.17, 15) is 9.18 Å². The van der Waals surface area contributed by atoms with Gasteiger partial charge in [-0.25, -0.2) is 4.39 Å². The van der Waals surface area contributed by atoms with Crippen molar-refractivity contribution in [3.63, 3.8) is 0 Å². The van der Waals surface area contributed by atoms with Crippen molar-refractivity contribution >= 4 is 5.78 Å². The van der Waals surface area contributed by atoms with Crippen LogP contribution in [0.5, 0.6) is 0 Å². The lowest BCUT2D eigenvalue weighted by Gasteiger charge is -2.34. The van der Waals surface area contributed by atoms with Crippen LogP contribution < -0.4 is 0 Å². The number of piperidine rings is 1. The van der Waals surface area contributed by atoms with Crippen molar-refractivity contribution in [2.24, 2.45) is 0 Å². The van der Waals surface area contributed by atoms with Crippen LogP contribution in [-0.4, -0.2) is 36.5 Å². The number of alkyl halides is 1. The Bertz CT molecular complexity index is 170. The number of carbonyl (C=O) groups excluding carboxylic acids is 1. The predicted molar refractivity (Wildman–Crippen MR) is 50.5 cm³/mol. The minimum Gasteiger partial charge on any atom is -0.300 e. The molecule has 1 heterocycles. The molecule has 0 saturated carbocycles. The van der Waals surface area contributed by atoms with Crippen molar-refractivity contribution in [2.75, 3.05) is 19.8 Å². The third-order valence-electron chi connectivity index (χ3n) is 2.64. The smallest absolute Gasteiger partial charge is 0.131 e. The molecule has 1 saturated heterocycles. The molecule has 1 rings (SSSR count). The molecule has 1 aliphatic rings. The molecule has 1 fully saturated rings. The van der Waals surface area contributed by atoms with Crippen LogP contribution in [0.1, 0.15) is 32.6 Å². The maximum Gasteiger partial charge on any atom is 0.131 e. The molecule has 0 aromatic carbocycles. The highest BCUT2D eigenvalue weighted by Gasteiger charge is 2.22. The zero-order valence-corrected chi connectivity index (χ0v) is 8.26. The average molecular weight is 187 g/mol. The van der Waals surface area contributed by atoms with Gasteiger partial charge in [0.25, 0.3) is 0 Å². The average Bonchev–Trinajstić information content (AvgIpc) is 2.08. The summed E-state index contributed by atoms with van der Waals surface area (Å²) in [7, 11) is 0. The minimum absolute atomic E-state index is 0.218. The van der Waals surface area contributed by atoms with Gasteiger partial charge in [0.15, 0.2) is 0 Å². The van der Waals surface area contributed by atoms with E-state index in [2.05, 4.69) is 4.90 Å². The molecule has 3 heteroatoms. The van der Waals surface area contributed by atoms with E-state index in [0.29, 0.717) is 19.0 Å². The molecule has 2 nitrogen and oxygen atoms in total. The standard InChI is InChI=1S/C10H18FNO/c1-9(13)8-10-4-2-3-6-12(10)7-5-11/h10H,2-8H2,1H3. The summed E-state index contributed by atoms with van der Waals surface area (Å²) in [5, 5.41) is 0. The summed E-state index contributed by atoms with van der Waals surface area (Å²) < 4.78 is 12.2. The van der Waals surface area contributed by atoms with E-state index in [4.69, 9.17) is 0 Å². The first-order chi connectivity index (χ1) is 6.24. The number of hydrogen-bond donors (Lipinski definition) is 0. The molecule has 0 amide bonds. The van der Waals surface area contributed by atoms with Crippen molar-refractivity contribution in [3.05, 3.63) is 0 Å². The van der Waals surface area contributed by atoms with Crippen molar-refractivity contribution < 1.29 is 9.18 Å². The maximum atomic E-state index is 12.2. The first-order valence-corrected chi connectivity index (χ1v) is 5.03. The van der Waals surface area contributed by atoms with Gasteiger partial charge >= 0.3 is 0 Å². The number of halogens is 1. The van der Waals surface area contributed by atoms with Gasteiger partial charge in [-0.2, -0.15) is 0 Å². The molecular weight excluding hydrogens is 169 g/mol. The van der Waals surface area contributed by atoms with Crippen LogP contribution in [0.15, 0.2) is 0 Å². The van der Waals surface area contributed by atoms with Crippen LogP contribution >= 0.6 is 0 Å². The molecule has 0 radical (unpaired) electrons. The summed E-state index contributed by atoms with van der Waals surface area (Å²) in [6.45, 7) is 2.77. The summed E-state index contributed by atoms with van der Waals surface area (Å²) in [5.41, 5.74) is 0. The SMILES string of the molecule is CC(=O)CC1CCCCN1CCF. The van der Waals surface area contributed by atoms with Crippen LogP contribution in [0.3, 0.4) is 0 Å². The third kappa shape index (κ3) is 3.43. The molecule has 0 N–H and O–H groups in total. The van der Waals surface area contributed by atoms with Gasteiger partial charge in [-0.1, -0.05) is 6.42 Å². The Morgan fingerprint density at radius 3 is 2.92 bits per heavy atom. The monoisotopic (exact) mass is 187 g/mol. The lowest BCUT2D eigenvalue weighted by atomic mass is 9.98. The van der Waals surface area contributed by atoms with E-state index in [-0.39, 0.29) is 12.5 Å². The highest BCUT2D eigenvalue weighted by atomic mass is 19.1. The van der Waals surface area contributed by atoms with Gasteiger partial charge in [0, 0.05) is 19.0 Å². The van der Waals surface area contributed by atoms with Crippen molar-refractivity contribution in [2.45, 2.75) is 38.6 Å². The first-order valence-electron chi connectivity index (χ1n) is 5.03. The highest BCUT2D eigenvalue weighted by molar-refractivity contribution is 5.76. The Morgan fingerprint density at radius 1 is 1.54 bits per heavy atom. The zero-order valence-electron chi connectivity index (χ0n) is 8.26. The van der Waals surface area contributed by atoms with Gasteiger partial charge in [-0.15, -0.1) is 0 Å². The minimum atomic E-state index is -0.297. The van der Waals surface area contributed by atoms with Gasteiger partial charge in [-0.3, -0.25) is 9.69 Å².